The first-order chi connectivity index (χ1) is 11.5. The number of carbonyl (C=O) groups is 2. The standard InChI is InChI=1S/C16H20N2O6/c1-17-9-3-4-10(5-9)24-13(17)7-18-6-11(16(21)22)14(20)15(23-2)12(18)8-19/h6,8-10,13H,3-5,7H2,1-2H3,(H,21,22). The molecule has 2 fully saturated rings. The Morgan fingerprint density at radius 2 is 2.25 bits per heavy atom. The summed E-state index contributed by atoms with van der Waals surface area (Å²) in [6.45, 7) is 0.245. The highest BCUT2D eigenvalue weighted by Gasteiger charge is 2.39. The van der Waals surface area contributed by atoms with E-state index in [-0.39, 0.29) is 30.3 Å². The van der Waals surface area contributed by atoms with E-state index in [0.717, 1.165) is 19.3 Å². The van der Waals surface area contributed by atoms with E-state index in [2.05, 4.69) is 4.90 Å². The van der Waals surface area contributed by atoms with Crippen molar-refractivity contribution in [2.75, 3.05) is 14.2 Å². The number of carbonyl (C=O) groups excluding carboxylic acids is 1. The number of aldehydes is 1. The van der Waals surface area contributed by atoms with E-state index in [4.69, 9.17) is 9.47 Å². The van der Waals surface area contributed by atoms with Crippen LogP contribution in [-0.4, -0.2) is 59.4 Å². The zero-order chi connectivity index (χ0) is 17.4. The summed E-state index contributed by atoms with van der Waals surface area (Å²) in [6.07, 6.45) is 4.64. The first-order valence-corrected chi connectivity index (χ1v) is 7.83. The van der Waals surface area contributed by atoms with Crippen LogP contribution in [0.3, 0.4) is 0 Å². The highest BCUT2D eigenvalue weighted by molar-refractivity contribution is 5.89. The number of pyridine rings is 1. The molecule has 0 spiro atoms. The number of aromatic nitrogens is 1. The third-order valence-electron chi connectivity index (χ3n) is 4.91. The number of ether oxygens (including phenoxy) is 2. The molecule has 0 aromatic carbocycles. The van der Waals surface area contributed by atoms with E-state index < -0.39 is 17.0 Å². The van der Waals surface area contributed by atoms with Crippen LogP contribution in [0.1, 0.15) is 40.1 Å². The van der Waals surface area contributed by atoms with Crippen molar-refractivity contribution in [2.45, 2.75) is 44.2 Å². The van der Waals surface area contributed by atoms with Crippen LogP contribution >= 0.6 is 0 Å². The first kappa shape index (κ1) is 16.7. The van der Waals surface area contributed by atoms with E-state index in [9.17, 15) is 19.5 Å². The number of hydrogen-bond acceptors (Lipinski definition) is 6. The van der Waals surface area contributed by atoms with E-state index >= 15 is 0 Å². The van der Waals surface area contributed by atoms with Crippen LogP contribution in [0.15, 0.2) is 11.0 Å². The Balaban J connectivity index is 2.00. The minimum atomic E-state index is -1.36. The van der Waals surface area contributed by atoms with Gasteiger partial charge in [0.25, 0.3) is 0 Å². The molecule has 1 N–H and O–H groups in total. The lowest BCUT2D eigenvalue weighted by atomic mass is 10.1. The Morgan fingerprint density at radius 3 is 2.88 bits per heavy atom. The summed E-state index contributed by atoms with van der Waals surface area (Å²) < 4.78 is 12.4. The van der Waals surface area contributed by atoms with Gasteiger partial charge in [-0.25, -0.2) is 4.79 Å². The van der Waals surface area contributed by atoms with Gasteiger partial charge in [0.2, 0.25) is 5.43 Å². The predicted molar refractivity (Wildman–Crippen MR) is 83.7 cm³/mol. The van der Waals surface area contributed by atoms with Crippen molar-refractivity contribution in [1.29, 1.82) is 0 Å². The number of nitrogens with zero attached hydrogens (tertiary/aromatic N) is 2. The van der Waals surface area contributed by atoms with Crippen molar-refractivity contribution in [2.24, 2.45) is 0 Å². The molecule has 0 amide bonds. The Labute approximate surface area is 138 Å². The van der Waals surface area contributed by atoms with Crippen molar-refractivity contribution >= 4 is 12.3 Å². The maximum absolute atomic E-state index is 12.1. The molecule has 2 aliphatic rings. The highest BCUT2D eigenvalue weighted by Crippen LogP contribution is 2.34. The predicted octanol–water partition coefficient (Wildman–Crippen LogP) is 0.577. The Bertz CT molecular complexity index is 728. The molecule has 2 heterocycles. The molecule has 24 heavy (non-hydrogen) atoms. The minimum Gasteiger partial charge on any atom is -0.491 e. The normalized spacial score (nSPS) is 26.3. The van der Waals surface area contributed by atoms with Gasteiger partial charge in [-0.05, 0) is 26.3 Å². The second-order valence-electron chi connectivity index (χ2n) is 6.21. The quantitative estimate of drug-likeness (QED) is 0.785. The fourth-order valence-electron chi connectivity index (χ4n) is 3.58. The van der Waals surface area contributed by atoms with E-state index in [0.29, 0.717) is 12.3 Å². The summed E-state index contributed by atoms with van der Waals surface area (Å²) >= 11 is 0. The number of likely N-dealkylation sites (N-methyl/N-ethyl adjacent to an activating group) is 1. The van der Waals surface area contributed by atoms with Crippen LogP contribution in [0.4, 0.5) is 0 Å². The van der Waals surface area contributed by atoms with Crippen molar-refractivity contribution in [3.63, 3.8) is 0 Å². The molecule has 1 saturated heterocycles. The fraction of sp³-hybridized carbons (Fsp3) is 0.562. The highest BCUT2D eigenvalue weighted by atomic mass is 16.5. The van der Waals surface area contributed by atoms with Crippen LogP contribution in [0, 0.1) is 0 Å². The van der Waals surface area contributed by atoms with Crippen LogP contribution in [0.25, 0.3) is 0 Å². The van der Waals surface area contributed by atoms with Crippen LogP contribution in [-0.2, 0) is 11.3 Å². The van der Waals surface area contributed by atoms with Gasteiger partial charge in [0.05, 0.1) is 19.8 Å². The molecule has 2 bridgehead atoms. The lowest BCUT2D eigenvalue weighted by Crippen LogP contribution is -2.48. The average Bonchev–Trinajstić information content (AvgIpc) is 2.96. The Hall–Kier alpha value is -2.19. The molecule has 1 aliphatic heterocycles. The van der Waals surface area contributed by atoms with Crippen LogP contribution in [0.2, 0.25) is 0 Å². The smallest absolute Gasteiger partial charge is 0.341 e. The van der Waals surface area contributed by atoms with Gasteiger partial charge in [-0.3, -0.25) is 14.5 Å². The number of methoxy groups -OCH3 is 1. The summed E-state index contributed by atoms with van der Waals surface area (Å²) in [5.74, 6) is -1.62. The number of rotatable bonds is 5. The van der Waals surface area contributed by atoms with Gasteiger partial charge in [-0.2, -0.15) is 0 Å². The summed E-state index contributed by atoms with van der Waals surface area (Å²) in [6, 6.07) is 0.425. The molecule has 3 atom stereocenters. The zero-order valence-corrected chi connectivity index (χ0v) is 13.6. The third-order valence-corrected chi connectivity index (χ3v) is 4.91. The minimum absolute atomic E-state index is 0.0161. The molecular weight excluding hydrogens is 316 g/mol. The summed E-state index contributed by atoms with van der Waals surface area (Å²) in [5, 5.41) is 9.23. The summed E-state index contributed by atoms with van der Waals surface area (Å²) in [4.78, 5) is 37.0. The van der Waals surface area contributed by atoms with Crippen LogP contribution < -0.4 is 10.2 Å². The summed E-state index contributed by atoms with van der Waals surface area (Å²) in [7, 11) is 3.19. The van der Waals surface area contributed by atoms with Gasteiger partial charge in [0.15, 0.2) is 12.0 Å². The zero-order valence-electron chi connectivity index (χ0n) is 13.6. The largest absolute Gasteiger partial charge is 0.491 e. The van der Waals surface area contributed by atoms with Crippen molar-refractivity contribution in [3.05, 3.63) is 27.7 Å². The monoisotopic (exact) mass is 336 g/mol. The number of hydrogen-bond donors (Lipinski definition) is 1. The SMILES string of the molecule is COc1c(C=O)n(CC2OC3CCC(C3)N2C)cc(C(=O)O)c1=O. The maximum atomic E-state index is 12.1. The number of carboxylic acid groups (broad SMARTS) is 1. The lowest BCUT2D eigenvalue weighted by Gasteiger charge is -2.38. The van der Waals surface area contributed by atoms with Gasteiger partial charge in [0.1, 0.15) is 17.5 Å². The molecule has 3 rings (SSSR count). The van der Waals surface area contributed by atoms with Gasteiger partial charge < -0.3 is 19.1 Å². The maximum Gasteiger partial charge on any atom is 0.341 e. The second kappa shape index (κ2) is 6.37. The molecule has 1 aromatic heterocycles. The van der Waals surface area contributed by atoms with Gasteiger partial charge in [-0.1, -0.05) is 0 Å². The second-order valence-corrected chi connectivity index (χ2v) is 6.21. The summed E-state index contributed by atoms with van der Waals surface area (Å²) in [5.41, 5.74) is -1.22. The van der Waals surface area contributed by atoms with Crippen molar-refractivity contribution < 1.29 is 24.2 Å². The van der Waals surface area contributed by atoms with Crippen molar-refractivity contribution in [3.8, 4) is 5.75 Å². The molecule has 8 heteroatoms. The number of fused-ring (bicyclic) bond motifs is 2. The van der Waals surface area contributed by atoms with Gasteiger partial charge in [0, 0.05) is 12.2 Å². The topological polar surface area (TPSA) is 98.1 Å². The molecule has 8 nitrogen and oxygen atoms in total. The van der Waals surface area contributed by atoms with Crippen molar-refractivity contribution in [1.82, 2.24) is 9.47 Å². The van der Waals surface area contributed by atoms with Gasteiger partial charge in [-0.15, -0.1) is 0 Å². The molecule has 0 radical (unpaired) electrons. The van der Waals surface area contributed by atoms with Gasteiger partial charge >= 0.3 is 5.97 Å². The average molecular weight is 336 g/mol. The molecule has 1 aromatic rings. The number of carboxylic acids is 1. The van der Waals surface area contributed by atoms with E-state index in [1.807, 2.05) is 7.05 Å². The molecule has 1 saturated carbocycles. The molecule has 3 unspecified atom stereocenters. The van der Waals surface area contributed by atoms with E-state index in [1.165, 1.54) is 17.9 Å². The van der Waals surface area contributed by atoms with Crippen LogP contribution in [0.5, 0.6) is 5.75 Å². The Kier molecular flexibility index (Phi) is 4.42. The Morgan fingerprint density at radius 1 is 1.50 bits per heavy atom. The third kappa shape index (κ3) is 2.71. The molecule has 1 aliphatic carbocycles. The number of aromatic carboxylic acids is 1. The molecule has 130 valence electrons. The lowest BCUT2D eigenvalue weighted by molar-refractivity contribution is -0.134. The van der Waals surface area contributed by atoms with E-state index in [1.54, 1.807) is 0 Å². The fourth-order valence-corrected chi connectivity index (χ4v) is 3.58. The first-order valence-electron chi connectivity index (χ1n) is 7.83. The molecular formula is C16H20N2O6.